The van der Waals surface area contributed by atoms with Gasteiger partial charge in [-0.2, -0.15) is 0 Å². The smallest absolute Gasteiger partial charge is 0.121 e. The molecule has 5 heteroatoms. The Bertz CT molecular complexity index is 441. The van der Waals surface area contributed by atoms with Crippen LogP contribution in [0.4, 0.5) is 0 Å². The molecular weight excluding hydrogens is 276 g/mol. The summed E-state index contributed by atoms with van der Waals surface area (Å²) >= 11 is 4.94. The molecule has 3 nitrogen and oxygen atoms in total. The first-order valence-electron chi connectivity index (χ1n) is 4.31. The van der Waals surface area contributed by atoms with Crippen LogP contribution in [0.25, 0.3) is 11.3 Å². The summed E-state index contributed by atoms with van der Waals surface area (Å²) in [6, 6.07) is 8.03. The normalized spacial score (nSPS) is 10.5. The first kappa shape index (κ1) is 10.8. The quantitative estimate of drug-likeness (QED) is 0.882. The highest BCUT2D eigenvalue weighted by atomic mass is 79.9. The molecule has 0 fully saturated rings. The number of hydrogen-bond acceptors (Lipinski definition) is 4. The van der Waals surface area contributed by atoms with E-state index in [0.29, 0.717) is 6.61 Å². The molecular formula is C10H9BrN2OS. The number of thiazole rings is 1. The lowest BCUT2D eigenvalue weighted by atomic mass is 10.2. The zero-order valence-electron chi connectivity index (χ0n) is 7.81. The Morgan fingerprint density at radius 2 is 2.07 bits per heavy atom. The van der Waals surface area contributed by atoms with Crippen LogP contribution in [-0.2, 0) is 11.4 Å². The number of benzene rings is 1. The largest absolute Gasteiger partial charge is 0.297 e. The van der Waals surface area contributed by atoms with Gasteiger partial charge in [-0.25, -0.2) is 10.9 Å². The summed E-state index contributed by atoms with van der Waals surface area (Å²) in [5, 5.41) is 2.88. The lowest BCUT2D eigenvalue weighted by molar-refractivity contribution is 0.124. The number of nitrogens with zero attached hydrogens (tertiary/aromatic N) is 1. The highest BCUT2D eigenvalue weighted by Gasteiger charge is 2.03. The van der Waals surface area contributed by atoms with Crippen molar-refractivity contribution in [3.63, 3.8) is 0 Å². The maximum atomic E-state index is 4.99. The van der Waals surface area contributed by atoms with Crippen molar-refractivity contribution in [1.29, 1.82) is 0 Å². The monoisotopic (exact) mass is 284 g/mol. The van der Waals surface area contributed by atoms with E-state index in [1.807, 2.05) is 29.6 Å². The Hall–Kier alpha value is -0.750. The van der Waals surface area contributed by atoms with Gasteiger partial charge in [0.25, 0.3) is 0 Å². The van der Waals surface area contributed by atoms with E-state index in [-0.39, 0.29) is 0 Å². The molecule has 2 aromatic rings. The van der Waals surface area contributed by atoms with Crippen LogP contribution in [0.2, 0.25) is 0 Å². The Morgan fingerprint density at radius 3 is 2.73 bits per heavy atom. The number of nitrogens with two attached hydrogens (primary N) is 1. The third kappa shape index (κ3) is 2.63. The molecule has 0 radical (unpaired) electrons. The van der Waals surface area contributed by atoms with Crippen LogP contribution >= 0.6 is 27.3 Å². The third-order valence-corrected chi connectivity index (χ3v) is 3.25. The Balaban J connectivity index is 2.25. The van der Waals surface area contributed by atoms with Crippen LogP contribution in [0.1, 0.15) is 5.01 Å². The lowest BCUT2D eigenvalue weighted by Crippen LogP contribution is -1.97. The minimum absolute atomic E-state index is 0.362. The first-order chi connectivity index (χ1) is 7.29. The van der Waals surface area contributed by atoms with E-state index in [2.05, 4.69) is 25.8 Å². The molecule has 0 spiro atoms. The minimum atomic E-state index is 0.362. The first-order valence-corrected chi connectivity index (χ1v) is 5.99. The van der Waals surface area contributed by atoms with Crippen molar-refractivity contribution in [2.24, 2.45) is 5.90 Å². The van der Waals surface area contributed by atoms with Gasteiger partial charge in [0.05, 0.1) is 5.69 Å². The second-order valence-corrected chi connectivity index (χ2v) is 4.80. The molecule has 0 aliphatic carbocycles. The van der Waals surface area contributed by atoms with Crippen molar-refractivity contribution >= 4 is 27.3 Å². The van der Waals surface area contributed by atoms with E-state index < -0.39 is 0 Å². The molecule has 0 saturated carbocycles. The minimum Gasteiger partial charge on any atom is -0.297 e. The third-order valence-electron chi connectivity index (χ3n) is 1.90. The average Bonchev–Trinajstić information content (AvgIpc) is 2.68. The Kier molecular flexibility index (Phi) is 3.48. The summed E-state index contributed by atoms with van der Waals surface area (Å²) in [5.74, 6) is 4.99. The fraction of sp³-hybridized carbons (Fsp3) is 0.100. The molecule has 0 amide bonds. The van der Waals surface area contributed by atoms with E-state index in [9.17, 15) is 0 Å². The number of aromatic nitrogens is 1. The zero-order chi connectivity index (χ0) is 10.7. The van der Waals surface area contributed by atoms with Gasteiger partial charge in [0.1, 0.15) is 11.6 Å². The van der Waals surface area contributed by atoms with Crippen LogP contribution in [-0.4, -0.2) is 4.98 Å². The number of halogens is 1. The Morgan fingerprint density at radius 1 is 1.33 bits per heavy atom. The second kappa shape index (κ2) is 4.85. The highest BCUT2D eigenvalue weighted by molar-refractivity contribution is 9.10. The van der Waals surface area contributed by atoms with Gasteiger partial charge in [0, 0.05) is 15.4 Å². The second-order valence-electron chi connectivity index (χ2n) is 2.94. The molecule has 0 bridgehead atoms. The lowest BCUT2D eigenvalue weighted by Gasteiger charge is -1.96. The SMILES string of the molecule is NOCc1nc(-c2ccc(Br)cc2)cs1. The molecule has 1 aromatic carbocycles. The fourth-order valence-electron chi connectivity index (χ4n) is 1.20. The number of hydrogen-bond donors (Lipinski definition) is 1. The zero-order valence-corrected chi connectivity index (χ0v) is 10.2. The van der Waals surface area contributed by atoms with Gasteiger partial charge in [-0.1, -0.05) is 28.1 Å². The van der Waals surface area contributed by atoms with Gasteiger partial charge < -0.3 is 0 Å². The van der Waals surface area contributed by atoms with Crippen LogP contribution in [0, 0.1) is 0 Å². The van der Waals surface area contributed by atoms with Crippen molar-refractivity contribution in [3.8, 4) is 11.3 Å². The molecule has 0 unspecified atom stereocenters. The average molecular weight is 285 g/mol. The maximum Gasteiger partial charge on any atom is 0.121 e. The maximum absolute atomic E-state index is 4.99. The van der Waals surface area contributed by atoms with Crippen LogP contribution in [0.15, 0.2) is 34.1 Å². The molecule has 0 aliphatic rings. The fourth-order valence-corrected chi connectivity index (χ4v) is 2.19. The molecule has 0 saturated heterocycles. The molecule has 78 valence electrons. The molecule has 0 aliphatic heterocycles. The van der Waals surface area contributed by atoms with E-state index in [0.717, 1.165) is 20.7 Å². The predicted octanol–water partition coefficient (Wildman–Crippen LogP) is 2.96. The van der Waals surface area contributed by atoms with Crippen molar-refractivity contribution in [1.82, 2.24) is 4.98 Å². The molecule has 0 atom stereocenters. The van der Waals surface area contributed by atoms with E-state index in [1.54, 1.807) is 11.3 Å². The van der Waals surface area contributed by atoms with Crippen molar-refractivity contribution in [3.05, 3.63) is 39.1 Å². The van der Waals surface area contributed by atoms with Crippen molar-refractivity contribution < 1.29 is 4.84 Å². The Labute approximate surface area is 100.0 Å². The van der Waals surface area contributed by atoms with Gasteiger partial charge in [-0.3, -0.25) is 4.84 Å². The summed E-state index contributed by atoms with van der Waals surface area (Å²) in [5.41, 5.74) is 2.05. The summed E-state index contributed by atoms with van der Waals surface area (Å²) < 4.78 is 1.06. The van der Waals surface area contributed by atoms with Gasteiger partial charge in [0.2, 0.25) is 0 Å². The van der Waals surface area contributed by atoms with Crippen molar-refractivity contribution in [2.45, 2.75) is 6.61 Å². The van der Waals surface area contributed by atoms with Crippen LogP contribution in [0.5, 0.6) is 0 Å². The highest BCUT2D eigenvalue weighted by Crippen LogP contribution is 2.23. The van der Waals surface area contributed by atoms with Crippen molar-refractivity contribution in [2.75, 3.05) is 0 Å². The topological polar surface area (TPSA) is 48.1 Å². The predicted molar refractivity (Wildman–Crippen MR) is 64.2 cm³/mol. The van der Waals surface area contributed by atoms with E-state index in [4.69, 9.17) is 5.90 Å². The number of rotatable bonds is 3. The van der Waals surface area contributed by atoms with Gasteiger partial charge in [-0.15, -0.1) is 11.3 Å². The van der Waals surface area contributed by atoms with E-state index in [1.165, 1.54) is 0 Å². The summed E-state index contributed by atoms with van der Waals surface area (Å²) in [6.07, 6.45) is 0. The molecule has 1 aromatic heterocycles. The van der Waals surface area contributed by atoms with E-state index >= 15 is 0 Å². The standard InChI is InChI=1S/C10H9BrN2OS/c11-8-3-1-7(2-4-8)9-6-15-10(13-9)5-14-12/h1-4,6H,5,12H2. The summed E-state index contributed by atoms with van der Waals surface area (Å²) in [7, 11) is 0. The molecule has 1 heterocycles. The summed E-state index contributed by atoms with van der Waals surface area (Å²) in [4.78, 5) is 8.93. The molecule has 2 N–H and O–H groups in total. The van der Waals surface area contributed by atoms with Crippen LogP contribution in [0.3, 0.4) is 0 Å². The van der Waals surface area contributed by atoms with Crippen LogP contribution < -0.4 is 5.90 Å². The summed E-state index contributed by atoms with van der Waals surface area (Å²) in [6.45, 7) is 0.362. The van der Waals surface area contributed by atoms with Gasteiger partial charge in [0.15, 0.2) is 0 Å². The van der Waals surface area contributed by atoms with Gasteiger partial charge >= 0.3 is 0 Å². The molecule has 2 rings (SSSR count). The van der Waals surface area contributed by atoms with Gasteiger partial charge in [-0.05, 0) is 12.1 Å². The molecule has 15 heavy (non-hydrogen) atoms.